The van der Waals surface area contributed by atoms with E-state index in [1.807, 2.05) is 48.5 Å². The molecule has 2 aromatic carbocycles. The number of nitrogens with two attached hydrogens (primary N) is 1. The number of amidine groups is 1. The van der Waals surface area contributed by atoms with E-state index in [4.69, 9.17) is 20.6 Å². The van der Waals surface area contributed by atoms with Crippen molar-refractivity contribution in [1.29, 1.82) is 5.41 Å². The molecule has 2 aromatic rings. The fraction of sp³-hybridized carbons (Fsp3) is 0.483. The normalized spacial score (nSPS) is 28.6. The highest BCUT2D eigenvalue weighted by Crippen LogP contribution is 2.52. The Morgan fingerprint density at radius 2 is 1.67 bits per heavy atom. The molecule has 1 aliphatic heterocycles. The number of hydrogen-bond acceptors (Lipinski definition) is 5. The van der Waals surface area contributed by atoms with E-state index in [1.165, 1.54) is 19.3 Å². The molecule has 7 nitrogen and oxygen atoms in total. The van der Waals surface area contributed by atoms with Crippen LogP contribution in [-0.2, 0) is 14.3 Å². The van der Waals surface area contributed by atoms with Gasteiger partial charge in [-0.25, -0.2) is 0 Å². The van der Waals surface area contributed by atoms with Crippen molar-refractivity contribution in [2.75, 3.05) is 13.2 Å². The number of hydrogen-bond donors (Lipinski definition) is 3. The molecule has 2 aliphatic carbocycles. The first-order valence-electron chi connectivity index (χ1n) is 13.0. The minimum atomic E-state index is -0.357. The molecule has 2 saturated carbocycles. The van der Waals surface area contributed by atoms with Gasteiger partial charge < -0.3 is 20.5 Å². The van der Waals surface area contributed by atoms with Crippen molar-refractivity contribution in [3.63, 3.8) is 0 Å². The first-order chi connectivity index (χ1) is 17.4. The van der Waals surface area contributed by atoms with Crippen LogP contribution in [0.25, 0.3) is 11.1 Å². The molecule has 4 unspecified atom stereocenters. The molecule has 3 aliphatic rings. The summed E-state index contributed by atoms with van der Waals surface area (Å²) in [5.74, 6) is 2.67. The second-order valence-corrected chi connectivity index (χ2v) is 10.7. The van der Waals surface area contributed by atoms with Crippen LogP contribution < -0.4 is 15.8 Å². The topological polar surface area (TPSA) is 114 Å². The molecule has 5 rings (SSSR count). The number of ether oxygens (including phenoxy) is 2. The molecule has 0 aromatic heterocycles. The fourth-order valence-electron chi connectivity index (χ4n) is 6.33. The van der Waals surface area contributed by atoms with Crippen LogP contribution in [0.4, 0.5) is 0 Å². The lowest BCUT2D eigenvalue weighted by Gasteiger charge is -2.27. The van der Waals surface area contributed by atoms with E-state index >= 15 is 0 Å². The van der Waals surface area contributed by atoms with Crippen LogP contribution in [-0.4, -0.2) is 37.0 Å². The zero-order valence-electron chi connectivity index (χ0n) is 20.7. The van der Waals surface area contributed by atoms with Crippen LogP contribution >= 0.6 is 0 Å². The van der Waals surface area contributed by atoms with E-state index in [2.05, 4.69) is 12.2 Å². The molecule has 3 fully saturated rings. The van der Waals surface area contributed by atoms with Gasteiger partial charge in [-0.15, -0.1) is 0 Å². The molecule has 1 saturated heterocycles. The van der Waals surface area contributed by atoms with Crippen LogP contribution in [0.1, 0.15) is 44.6 Å². The van der Waals surface area contributed by atoms with Crippen LogP contribution in [0.3, 0.4) is 0 Å². The van der Waals surface area contributed by atoms with Crippen molar-refractivity contribution in [3.8, 4) is 16.9 Å². The Morgan fingerprint density at radius 1 is 1.00 bits per heavy atom. The number of nitrogens with one attached hydrogen (secondary N) is 2. The van der Waals surface area contributed by atoms with Crippen molar-refractivity contribution in [1.82, 2.24) is 5.32 Å². The highest BCUT2D eigenvalue weighted by atomic mass is 16.5. The summed E-state index contributed by atoms with van der Waals surface area (Å²) < 4.78 is 11.5. The molecule has 1 amide bonds. The third kappa shape index (κ3) is 5.25. The van der Waals surface area contributed by atoms with Crippen molar-refractivity contribution in [2.45, 2.75) is 45.1 Å². The van der Waals surface area contributed by atoms with Crippen molar-refractivity contribution in [2.24, 2.45) is 35.3 Å². The number of rotatable bonds is 9. The van der Waals surface area contributed by atoms with Gasteiger partial charge in [-0.05, 0) is 72.6 Å². The molecule has 190 valence electrons. The first kappa shape index (κ1) is 24.3. The summed E-state index contributed by atoms with van der Waals surface area (Å²) in [6, 6.07) is 15.1. The average molecular weight is 490 g/mol. The van der Waals surface area contributed by atoms with E-state index in [0.29, 0.717) is 43.0 Å². The zero-order chi connectivity index (χ0) is 25.2. The largest absolute Gasteiger partial charge is 0.491 e. The standard InChI is InChI=1S/C29H35N3O4/c1-17-21-6-7-22(12-21)26(17)16-36-27(33)14-23-13-24(32-29(23)34)15-35-25-10-8-19(9-11-25)18-2-4-20(5-3-18)28(30)31/h2-5,8-11,17,21-24,26H,6-7,12-16H2,1H3,(H3,30,31)(H,32,34)/t17?,21?,22?,23-,24-,26?/m0/s1. The predicted octanol–water partition coefficient (Wildman–Crippen LogP) is 4.14. The second-order valence-electron chi connectivity index (χ2n) is 10.7. The highest BCUT2D eigenvalue weighted by Gasteiger charge is 2.45. The number of carbonyl (C=O) groups is 2. The second kappa shape index (κ2) is 10.3. The van der Waals surface area contributed by atoms with Gasteiger partial charge in [-0.3, -0.25) is 15.0 Å². The summed E-state index contributed by atoms with van der Waals surface area (Å²) in [6.45, 7) is 3.14. The van der Waals surface area contributed by atoms with Crippen LogP contribution in [0, 0.1) is 35.0 Å². The number of nitrogen functional groups attached to an aromatic ring is 1. The van der Waals surface area contributed by atoms with E-state index in [-0.39, 0.29) is 36.1 Å². The Labute approximate surface area is 212 Å². The summed E-state index contributed by atoms with van der Waals surface area (Å²) >= 11 is 0. The van der Waals surface area contributed by atoms with Crippen molar-refractivity contribution >= 4 is 17.7 Å². The molecule has 0 spiro atoms. The van der Waals surface area contributed by atoms with Gasteiger partial charge in [-0.2, -0.15) is 0 Å². The number of esters is 1. The lowest BCUT2D eigenvalue weighted by Crippen LogP contribution is -2.31. The summed E-state index contributed by atoms with van der Waals surface area (Å²) in [4.78, 5) is 24.9. The van der Waals surface area contributed by atoms with Gasteiger partial charge in [0.1, 0.15) is 18.2 Å². The van der Waals surface area contributed by atoms with Gasteiger partial charge in [-0.1, -0.05) is 43.3 Å². The Balaban J connectivity index is 1.06. The summed E-state index contributed by atoms with van der Waals surface area (Å²) in [5.41, 5.74) is 8.27. The molecule has 0 radical (unpaired) electrons. The van der Waals surface area contributed by atoms with Gasteiger partial charge in [0.25, 0.3) is 0 Å². The van der Waals surface area contributed by atoms with E-state index in [1.54, 1.807) is 0 Å². The molecular formula is C29H35N3O4. The predicted molar refractivity (Wildman–Crippen MR) is 137 cm³/mol. The van der Waals surface area contributed by atoms with Gasteiger partial charge in [0.2, 0.25) is 5.91 Å². The number of carbonyl (C=O) groups excluding carboxylic acids is 2. The van der Waals surface area contributed by atoms with Gasteiger partial charge in [0, 0.05) is 5.56 Å². The quantitative estimate of drug-likeness (QED) is 0.278. The number of amides is 1. The third-order valence-corrected chi connectivity index (χ3v) is 8.51. The highest BCUT2D eigenvalue weighted by molar-refractivity contribution is 5.95. The minimum Gasteiger partial charge on any atom is -0.491 e. The number of fused-ring (bicyclic) bond motifs is 2. The van der Waals surface area contributed by atoms with Crippen molar-refractivity contribution in [3.05, 3.63) is 54.1 Å². The Hall–Kier alpha value is -3.35. The zero-order valence-corrected chi connectivity index (χ0v) is 20.7. The van der Waals surface area contributed by atoms with Gasteiger partial charge in [0.05, 0.1) is 25.0 Å². The van der Waals surface area contributed by atoms with Crippen LogP contribution in [0.2, 0.25) is 0 Å². The fourth-order valence-corrected chi connectivity index (χ4v) is 6.33. The lowest BCUT2D eigenvalue weighted by molar-refractivity contribution is -0.148. The van der Waals surface area contributed by atoms with Gasteiger partial charge in [0.15, 0.2) is 0 Å². The average Bonchev–Trinajstić information content (AvgIpc) is 3.57. The summed E-state index contributed by atoms with van der Waals surface area (Å²) in [7, 11) is 0. The van der Waals surface area contributed by atoms with Crippen LogP contribution in [0.15, 0.2) is 48.5 Å². The smallest absolute Gasteiger partial charge is 0.306 e. The first-order valence-corrected chi connectivity index (χ1v) is 13.0. The Kier molecular flexibility index (Phi) is 6.99. The maximum atomic E-state index is 12.5. The molecule has 36 heavy (non-hydrogen) atoms. The van der Waals surface area contributed by atoms with Gasteiger partial charge >= 0.3 is 5.97 Å². The molecule has 2 bridgehead atoms. The van der Waals surface area contributed by atoms with E-state index < -0.39 is 0 Å². The molecule has 6 atom stereocenters. The van der Waals surface area contributed by atoms with Crippen LogP contribution in [0.5, 0.6) is 5.75 Å². The molecule has 1 heterocycles. The molecule has 7 heteroatoms. The maximum absolute atomic E-state index is 12.5. The number of benzene rings is 2. The Morgan fingerprint density at radius 3 is 2.31 bits per heavy atom. The summed E-state index contributed by atoms with van der Waals surface area (Å²) in [6.07, 6.45) is 4.57. The van der Waals surface area contributed by atoms with Crippen molar-refractivity contribution < 1.29 is 19.1 Å². The molecule has 4 N–H and O–H groups in total. The van der Waals surface area contributed by atoms with E-state index in [9.17, 15) is 9.59 Å². The Bertz CT molecular complexity index is 1110. The molecular weight excluding hydrogens is 454 g/mol. The monoisotopic (exact) mass is 489 g/mol. The van der Waals surface area contributed by atoms with E-state index in [0.717, 1.165) is 22.8 Å². The summed E-state index contributed by atoms with van der Waals surface area (Å²) in [5, 5.41) is 10.5. The lowest BCUT2D eigenvalue weighted by atomic mass is 9.81. The maximum Gasteiger partial charge on any atom is 0.306 e. The minimum absolute atomic E-state index is 0.0498. The SMILES string of the molecule is CC1C2CCC(C2)C1COC(=O)C[C@@H]1C[C@@H](COc2ccc(-c3ccc(C(=N)N)cc3)cc2)NC1=O. The third-order valence-electron chi connectivity index (χ3n) is 8.51.